The van der Waals surface area contributed by atoms with Crippen LogP contribution in [-0.4, -0.2) is 11.6 Å². The predicted molar refractivity (Wildman–Crippen MR) is 99.6 cm³/mol. The summed E-state index contributed by atoms with van der Waals surface area (Å²) in [5.41, 5.74) is 2.78. The fraction of sp³-hybridized carbons (Fsp3) is 0.545. The zero-order valence-corrected chi connectivity index (χ0v) is 15.4. The first-order chi connectivity index (χ1) is 11.6. The Kier molecular flexibility index (Phi) is 6.96. The Hall–Kier alpha value is -1.70. The maximum atomic E-state index is 13.1. The van der Waals surface area contributed by atoms with Gasteiger partial charge in [-0.25, -0.2) is 0 Å². The van der Waals surface area contributed by atoms with Gasteiger partial charge in [0.05, 0.1) is 0 Å². The summed E-state index contributed by atoms with van der Waals surface area (Å²) in [6.45, 7) is 6.45. The molecule has 0 spiro atoms. The van der Waals surface area contributed by atoms with Crippen LogP contribution in [0.5, 0.6) is 0 Å². The minimum atomic E-state index is 0.0827. The largest absolute Gasteiger partial charge is 0.289 e. The molecule has 0 amide bonds. The summed E-state index contributed by atoms with van der Waals surface area (Å²) in [5.74, 6) is 0.329. The highest BCUT2D eigenvalue weighted by Crippen LogP contribution is 2.34. The average Bonchev–Trinajstić information content (AvgIpc) is 2.60. The predicted octanol–water partition coefficient (Wildman–Crippen LogP) is 6.16. The molecule has 1 aliphatic carbocycles. The molecule has 2 nitrogen and oxygen atoms in total. The molecule has 1 aromatic carbocycles. The van der Waals surface area contributed by atoms with E-state index in [1.54, 1.807) is 12.1 Å². The van der Waals surface area contributed by atoms with Crippen LogP contribution in [-0.2, 0) is 0 Å². The second-order valence-electron chi connectivity index (χ2n) is 6.95. The van der Waals surface area contributed by atoms with Crippen LogP contribution in [0.1, 0.15) is 92.9 Å². The first-order valence-electron chi connectivity index (χ1n) is 9.53. The van der Waals surface area contributed by atoms with Crippen molar-refractivity contribution >= 4 is 11.6 Å². The molecule has 1 unspecified atom stereocenters. The van der Waals surface area contributed by atoms with Gasteiger partial charge in [-0.15, -0.1) is 0 Å². The summed E-state index contributed by atoms with van der Waals surface area (Å²) in [5, 5.41) is 0. The minimum absolute atomic E-state index is 0.0827. The topological polar surface area (TPSA) is 34.1 Å². The van der Waals surface area contributed by atoms with Crippen LogP contribution in [0.2, 0.25) is 0 Å². The van der Waals surface area contributed by atoms with E-state index in [1.165, 1.54) is 12.8 Å². The molecule has 130 valence electrons. The molecular weight excluding hydrogens is 296 g/mol. The van der Waals surface area contributed by atoms with Crippen molar-refractivity contribution in [3.63, 3.8) is 0 Å². The fourth-order valence-corrected chi connectivity index (χ4v) is 3.60. The SMILES string of the molecule is CCCCCCC1=C(C(C)CCCC)C(=O)c2ccccc2C1=O. The van der Waals surface area contributed by atoms with Crippen LogP contribution in [0.25, 0.3) is 0 Å². The van der Waals surface area contributed by atoms with E-state index in [0.29, 0.717) is 11.1 Å². The van der Waals surface area contributed by atoms with Crippen molar-refractivity contribution < 1.29 is 9.59 Å². The molecule has 0 radical (unpaired) electrons. The lowest BCUT2D eigenvalue weighted by atomic mass is 9.76. The van der Waals surface area contributed by atoms with Gasteiger partial charge >= 0.3 is 0 Å². The molecule has 2 rings (SSSR count). The van der Waals surface area contributed by atoms with Gasteiger partial charge in [-0.2, -0.15) is 0 Å². The van der Waals surface area contributed by atoms with Gasteiger partial charge in [0.25, 0.3) is 0 Å². The van der Waals surface area contributed by atoms with Gasteiger partial charge in [0, 0.05) is 22.3 Å². The molecule has 2 heteroatoms. The van der Waals surface area contributed by atoms with E-state index in [1.807, 2.05) is 12.1 Å². The van der Waals surface area contributed by atoms with Crippen LogP contribution < -0.4 is 0 Å². The quantitative estimate of drug-likeness (QED) is 0.509. The number of carbonyl (C=O) groups is 2. The molecular formula is C22H30O2. The highest BCUT2D eigenvalue weighted by molar-refractivity contribution is 6.27. The average molecular weight is 326 g/mol. The molecule has 1 atom stereocenters. The van der Waals surface area contributed by atoms with Crippen molar-refractivity contribution in [2.24, 2.45) is 5.92 Å². The third-order valence-corrected chi connectivity index (χ3v) is 5.02. The fourth-order valence-electron chi connectivity index (χ4n) is 3.60. The van der Waals surface area contributed by atoms with E-state index >= 15 is 0 Å². The summed E-state index contributed by atoms with van der Waals surface area (Å²) in [6.07, 6.45) is 8.41. The number of carbonyl (C=O) groups excluding carboxylic acids is 2. The van der Waals surface area contributed by atoms with E-state index in [4.69, 9.17) is 0 Å². The molecule has 0 saturated heterocycles. The van der Waals surface area contributed by atoms with Crippen molar-refractivity contribution in [3.05, 3.63) is 46.5 Å². The minimum Gasteiger partial charge on any atom is -0.289 e. The molecule has 0 aliphatic heterocycles. The number of allylic oxidation sites excluding steroid dienone is 2. The molecule has 0 saturated carbocycles. The molecule has 0 aromatic heterocycles. The van der Waals surface area contributed by atoms with Crippen molar-refractivity contribution in [3.8, 4) is 0 Å². The van der Waals surface area contributed by atoms with Gasteiger partial charge < -0.3 is 0 Å². The summed E-state index contributed by atoms with van der Waals surface area (Å²) >= 11 is 0. The first kappa shape index (κ1) is 18.6. The molecule has 0 N–H and O–H groups in total. The van der Waals surface area contributed by atoms with Crippen LogP contribution in [0.15, 0.2) is 35.4 Å². The Bertz CT molecular complexity index is 625. The van der Waals surface area contributed by atoms with Gasteiger partial charge in [0.15, 0.2) is 11.6 Å². The molecule has 1 aliphatic rings. The van der Waals surface area contributed by atoms with Gasteiger partial charge in [-0.3, -0.25) is 9.59 Å². The molecule has 0 fully saturated rings. The zero-order chi connectivity index (χ0) is 17.5. The van der Waals surface area contributed by atoms with Gasteiger partial charge in [0.2, 0.25) is 0 Å². The standard InChI is InChI=1S/C22H30O2/c1-4-6-8-9-15-19-20(16(3)12-7-5-2)22(24)18-14-11-10-13-17(18)21(19)23/h10-11,13-14,16H,4-9,12,15H2,1-3H3. The first-order valence-corrected chi connectivity index (χ1v) is 9.53. The van der Waals surface area contributed by atoms with E-state index < -0.39 is 0 Å². The van der Waals surface area contributed by atoms with E-state index in [0.717, 1.165) is 49.7 Å². The smallest absolute Gasteiger partial charge is 0.190 e. The number of Topliss-reactive ketones (excluding diaryl/α,β-unsaturated/α-hetero) is 2. The maximum Gasteiger partial charge on any atom is 0.190 e. The number of hydrogen-bond acceptors (Lipinski definition) is 2. The summed E-state index contributed by atoms with van der Waals surface area (Å²) in [4.78, 5) is 26.1. The third-order valence-electron chi connectivity index (χ3n) is 5.02. The van der Waals surface area contributed by atoms with Crippen LogP contribution in [0, 0.1) is 5.92 Å². The lowest BCUT2D eigenvalue weighted by molar-refractivity contribution is 0.0962. The lowest BCUT2D eigenvalue weighted by Crippen LogP contribution is -2.25. The number of fused-ring (bicyclic) bond motifs is 1. The number of ketones is 2. The zero-order valence-electron chi connectivity index (χ0n) is 15.4. The summed E-state index contributed by atoms with van der Waals surface area (Å²) in [7, 11) is 0. The molecule has 1 aromatic rings. The van der Waals surface area contributed by atoms with Crippen LogP contribution >= 0.6 is 0 Å². The van der Waals surface area contributed by atoms with Crippen LogP contribution in [0.3, 0.4) is 0 Å². The van der Waals surface area contributed by atoms with Gasteiger partial charge in [-0.1, -0.05) is 77.1 Å². The van der Waals surface area contributed by atoms with Gasteiger partial charge in [0.1, 0.15) is 0 Å². The van der Waals surface area contributed by atoms with Gasteiger partial charge in [-0.05, 0) is 25.2 Å². The number of hydrogen-bond donors (Lipinski definition) is 0. The van der Waals surface area contributed by atoms with Crippen molar-refractivity contribution in [1.29, 1.82) is 0 Å². The third kappa shape index (κ3) is 4.03. The Morgan fingerprint density at radius 2 is 1.46 bits per heavy atom. The Balaban J connectivity index is 2.34. The van der Waals surface area contributed by atoms with Crippen molar-refractivity contribution in [2.75, 3.05) is 0 Å². The second kappa shape index (κ2) is 8.96. The lowest BCUT2D eigenvalue weighted by Gasteiger charge is -2.25. The Labute approximate surface area is 146 Å². The normalized spacial score (nSPS) is 15.6. The van der Waals surface area contributed by atoms with Crippen molar-refractivity contribution in [1.82, 2.24) is 0 Å². The maximum absolute atomic E-state index is 13.1. The number of rotatable bonds is 9. The van der Waals surface area contributed by atoms with E-state index in [9.17, 15) is 9.59 Å². The number of benzene rings is 1. The highest BCUT2D eigenvalue weighted by atomic mass is 16.1. The molecule has 24 heavy (non-hydrogen) atoms. The molecule has 0 heterocycles. The monoisotopic (exact) mass is 326 g/mol. The Morgan fingerprint density at radius 1 is 0.833 bits per heavy atom. The van der Waals surface area contributed by atoms with Crippen molar-refractivity contribution in [2.45, 2.75) is 72.1 Å². The summed E-state index contributed by atoms with van der Waals surface area (Å²) < 4.78 is 0. The number of unbranched alkanes of at least 4 members (excludes halogenated alkanes) is 4. The molecule has 0 bridgehead atoms. The second-order valence-corrected chi connectivity index (χ2v) is 6.95. The Morgan fingerprint density at radius 3 is 2.08 bits per heavy atom. The summed E-state index contributed by atoms with van der Waals surface area (Å²) in [6, 6.07) is 7.31. The highest BCUT2D eigenvalue weighted by Gasteiger charge is 2.33. The van der Waals surface area contributed by atoms with E-state index in [2.05, 4.69) is 20.8 Å². The van der Waals surface area contributed by atoms with E-state index in [-0.39, 0.29) is 17.5 Å². The van der Waals surface area contributed by atoms with Crippen LogP contribution in [0.4, 0.5) is 0 Å².